The third kappa shape index (κ3) is 9.39. The normalized spacial score (nSPS) is 12.8. The Balaban J connectivity index is 2.40. The van der Waals surface area contributed by atoms with E-state index in [-0.39, 0.29) is 18.1 Å². The number of likely N-dealkylation sites (N-methyl/N-ethyl adjacent to an activating group) is 1. The van der Waals surface area contributed by atoms with Gasteiger partial charge in [-0.2, -0.15) is 0 Å². The highest BCUT2D eigenvalue weighted by Crippen LogP contribution is 2.26. The van der Waals surface area contributed by atoms with Gasteiger partial charge in [-0.05, 0) is 69.9 Å². The summed E-state index contributed by atoms with van der Waals surface area (Å²) in [6.07, 6.45) is 2.31. The van der Waals surface area contributed by atoms with Gasteiger partial charge in [0, 0.05) is 20.0 Å². The molecular formula is C30H43N3O5. The van der Waals surface area contributed by atoms with E-state index < -0.39 is 29.7 Å². The van der Waals surface area contributed by atoms with E-state index in [0.717, 1.165) is 41.5 Å². The summed E-state index contributed by atoms with van der Waals surface area (Å²) in [7, 11) is 1.58. The Kier molecular flexibility index (Phi) is 11.2. The summed E-state index contributed by atoms with van der Waals surface area (Å²) in [5.74, 6) is -0.606. The van der Waals surface area contributed by atoms with E-state index in [9.17, 15) is 19.5 Å². The summed E-state index contributed by atoms with van der Waals surface area (Å²) in [5.41, 5.74) is 2.66. The number of benzene rings is 2. The van der Waals surface area contributed by atoms with E-state index in [1.807, 2.05) is 32.0 Å². The second kappa shape index (κ2) is 13.8. The van der Waals surface area contributed by atoms with Gasteiger partial charge in [-0.25, -0.2) is 4.79 Å². The fourth-order valence-electron chi connectivity index (χ4n) is 4.23. The van der Waals surface area contributed by atoms with Crippen molar-refractivity contribution in [2.75, 3.05) is 13.6 Å². The molecule has 0 saturated heterocycles. The SMILES string of the molecule is CCCCCNC(=O)C(c1ccc(C)cc1C)N(C)C(=O)C(Cc1ccc(O)cc1)NC(=O)OC(C)(C)C. The maximum absolute atomic E-state index is 13.9. The van der Waals surface area contributed by atoms with Crippen molar-refractivity contribution in [3.63, 3.8) is 0 Å². The molecule has 0 fully saturated rings. The molecule has 8 nitrogen and oxygen atoms in total. The summed E-state index contributed by atoms with van der Waals surface area (Å²) in [4.78, 5) is 41.5. The van der Waals surface area contributed by atoms with Crippen molar-refractivity contribution in [1.29, 1.82) is 0 Å². The van der Waals surface area contributed by atoms with Crippen molar-refractivity contribution in [2.45, 2.75) is 84.9 Å². The Hall–Kier alpha value is -3.55. The highest BCUT2D eigenvalue weighted by atomic mass is 16.6. The Bertz CT molecular complexity index is 1090. The Morgan fingerprint density at radius 2 is 1.68 bits per heavy atom. The lowest BCUT2D eigenvalue weighted by molar-refractivity contribution is -0.140. The molecule has 0 aliphatic heterocycles. The van der Waals surface area contributed by atoms with Crippen LogP contribution in [0.15, 0.2) is 42.5 Å². The Morgan fingerprint density at radius 3 is 2.26 bits per heavy atom. The molecule has 3 amide bonds. The average Bonchev–Trinajstić information content (AvgIpc) is 2.82. The molecule has 0 spiro atoms. The maximum atomic E-state index is 13.9. The Morgan fingerprint density at radius 1 is 1.03 bits per heavy atom. The number of rotatable bonds is 11. The lowest BCUT2D eigenvalue weighted by Crippen LogP contribution is -2.52. The van der Waals surface area contributed by atoms with Gasteiger partial charge in [-0.3, -0.25) is 9.59 Å². The fraction of sp³-hybridized carbons (Fsp3) is 0.500. The third-order valence-corrected chi connectivity index (χ3v) is 6.15. The quantitative estimate of drug-likeness (QED) is 0.360. The van der Waals surface area contributed by atoms with Crippen molar-refractivity contribution in [3.8, 4) is 5.75 Å². The van der Waals surface area contributed by atoms with Crippen LogP contribution in [-0.4, -0.2) is 53.1 Å². The van der Waals surface area contributed by atoms with Crippen molar-refractivity contribution in [1.82, 2.24) is 15.5 Å². The molecule has 2 aromatic rings. The van der Waals surface area contributed by atoms with Crippen LogP contribution in [0.3, 0.4) is 0 Å². The molecular weight excluding hydrogens is 482 g/mol. The minimum atomic E-state index is -1.000. The van der Waals surface area contributed by atoms with Gasteiger partial charge in [-0.15, -0.1) is 0 Å². The van der Waals surface area contributed by atoms with Gasteiger partial charge in [0.25, 0.3) is 0 Å². The number of aryl methyl sites for hydroxylation is 2. The van der Waals surface area contributed by atoms with E-state index in [4.69, 9.17) is 4.74 Å². The number of carbonyl (C=O) groups is 3. The highest BCUT2D eigenvalue weighted by molar-refractivity contribution is 5.92. The van der Waals surface area contributed by atoms with E-state index >= 15 is 0 Å². The number of phenolic OH excluding ortho intramolecular Hbond substituents is 1. The average molecular weight is 526 g/mol. The molecule has 2 unspecified atom stereocenters. The van der Waals surface area contributed by atoms with Crippen LogP contribution >= 0.6 is 0 Å². The molecule has 8 heteroatoms. The molecule has 0 radical (unpaired) electrons. The van der Waals surface area contributed by atoms with Crippen molar-refractivity contribution in [3.05, 3.63) is 64.7 Å². The predicted octanol–water partition coefficient (Wildman–Crippen LogP) is 4.95. The van der Waals surface area contributed by atoms with Gasteiger partial charge < -0.3 is 25.4 Å². The zero-order valence-corrected chi connectivity index (χ0v) is 23.8. The van der Waals surface area contributed by atoms with E-state index in [1.54, 1.807) is 40.0 Å². The number of nitrogens with one attached hydrogen (secondary N) is 2. The van der Waals surface area contributed by atoms with Gasteiger partial charge in [0.15, 0.2) is 0 Å². The molecule has 0 aliphatic rings. The molecule has 0 aromatic heterocycles. The number of carbonyl (C=O) groups excluding carboxylic acids is 3. The lowest BCUT2D eigenvalue weighted by Gasteiger charge is -2.32. The van der Waals surface area contributed by atoms with Crippen molar-refractivity contribution >= 4 is 17.9 Å². The number of hydrogen-bond donors (Lipinski definition) is 3. The summed E-state index contributed by atoms with van der Waals surface area (Å²) in [6, 6.07) is 10.3. The number of hydrogen-bond acceptors (Lipinski definition) is 5. The molecule has 2 aromatic carbocycles. The van der Waals surface area contributed by atoms with Crippen LogP contribution in [-0.2, 0) is 20.7 Å². The largest absolute Gasteiger partial charge is 0.508 e. The van der Waals surface area contributed by atoms with Gasteiger partial charge in [-0.1, -0.05) is 55.7 Å². The summed E-state index contributed by atoms with van der Waals surface area (Å²) in [5, 5.41) is 15.3. The molecule has 2 atom stereocenters. The first kappa shape index (κ1) is 30.7. The Labute approximate surface area is 226 Å². The summed E-state index contributed by atoms with van der Waals surface area (Å²) in [6.45, 7) is 11.7. The van der Waals surface area contributed by atoms with Gasteiger partial charge >= 0.3 is 6.09 Å². The fourth-order valence-corrected chi connectivity index (χ4v) is 4.23. The van der Waals surface area contributed by atoms with Crippen LogP contribution < -0.4 is 10.6 Å². The summed E-state index contributed by atoms with van der Waals surface area (Å²) >= 11 is 0. The summed E-state index contributed by atoms with van der Waals surface area (Å²) < 4.78 is 5.42. The topological polar surface area (TPSA) is 108 Å². The maximum Gasteiger partial charge on any atom is 0.408 e. The molecule has 0 saturated carbocycles. The monoisotopic (exact) mass is 525 g/mol. The van der Waals surface area contributed by atoms with E-state index in [0.29, 0.717) is 6.54 Å². The molecule has 0 heterocycles. The number of ether oxygens (including phenoxy) is 1. The second-order valence-corrected chi connectivity index (χ2v) is 10.8. The first-order valence-corrected chi connectivity index (χ1v) is 13.2. The zero-order chi connectivity index (χ0) is 28.5. The van der Waals surface area contributed by atoms with Gasteiger partial charge in [0.1, 0.15) is 23.4 Å². The molecule has 0 bridgehead atoms. The molecule has 0 aliphatic carbocycles. The van der Waals surface area contributed by atoms with E-state index in [1.165, 1.54) is 17.0 Å². The third-order valence-electron chi connectivity index (χ3n) is 6.15. The van der Waals surface area contributed by atoms with Crippen LogP contribution in [0.2, 0.25) is 0 Å². The number of unbranched alkanes of at least 4 members (excludes halogenated alkanes) is 2. The predicted molar refractivity (Wildman–Crippen MR) is 149 cm³/mol. The number of aromatic hydroxyl groups is 1. The van der Waals surface area contributed by atoms with Crippen LogP contribution in [0.4, 0.5) is 4.79 Å². The minimum absolute atomic E-state index is 0.100. The molecule has 2 rings (SSSR count). The molecule has 3 N–H and O–H groups in total. The minimum Gasteiger partial charge on any atom is -0.508 e. The number of nitrogens with zero attached hydrogens (tertiary/aromatic N) is 1. The highest BCUT2D eigenvalue weighted by Gasteiger charge is 2.34. The second-order valence-electron chi connectivity index (χ2n) is 10.8. The first-order valence-electron chi connectivity index (χ1n) is 13.2. The van der Waals surface area contributed by atoms with Crippen molar-refractivity contribution < 1.29 is 24.2 Å². The van der Waals surface area contributed by atoms with Gasteiger partial charge in [0.2, 0.25) is 11.8 Å². The van der Waals surface area contributed by atoms with Gasteiger partial charge in [0.05, 0.1) is 0 Å². The van der Waals surface area contributed by atoms with Crippen LogP contribution in [0.25, 0.3) is 0 Å². The smallest absolute Gasteiger partial charge is 0.408 e. The molecule has 38 heavy (non-hydrogen) atoms. The lowest BCUT2D eigenvalue weighted by atomic mass is 9.96. The number of alkyl carbamates (subject to hydrolysis) is 1. The standard InChI is InChI=1S/C30H43N3O5/c1-8-9-10-17-31-27(35)26(24-16-11-20(2)18-21(24)3)33(7)28(36)25(32-29(37)38-30(4,5)6)19-22-12-14-23(34)15-13-22/h11-16,18,25-26,34H,8-10,17,19H2,1-7H3,(H,31,35)(H,32,37). The van der Waals surface area contributed by atoms with Crippen LogP contribution in [0.5, 0.6) is 5.75 Å². The van der Waals surface area contributed by atoms with Crippen molar-refractivity contribution in [2.24, 2.45) is 0 Å². The van der Waals surface area contributed by atoms with E-state index in [2.05, 4.69) is 17.6 Å². The van der Waals surface area contributed by atoms with Crippen LogP contribution in [0.1, 0.15) is 75.3 Å². The first-order chi connectivity index (χ1) is 17.8. The molecule has 208 valence electrons. The number of amides is 3. The number of phenols is 1. The zero-order valence-electron chi connectivity index (χ0n) is 23.8. The van der Waals surface area contributed by atoms with Crippen LogP contribution in [0, 0.1) is 13.8 Å².